The maximum Gasteiger partial charge on any atom is 0.250 e. The number of hydrogen-bond acceptors (Lipinski definition) is 5. The number of rotatable bonds is 9. The maximum atomic E-state index is 14.5. The minimum Gasteiger partial charge on any atom is -0.394 e. The zero-order valence-electron chi connectivity index (χ0n) is 24.1. The summed E-state index contributed by atoms with van der Waals surface area (Å²) in [5.74, 6) is -2.54. The molecule has 7 atom stereocenters. The van der Waals surface area contributed by atoms with Crippen LogP contribution < -0.4 is 10.6 Å². The third-order valence-corrected chi connectivity index (χ3v) is 9.77. The molecule has 0 radical (unpaired) electrons. The lowest BCUT2D eigenvalue weighted by molar-refractivity contribution is -0.149. The van der Waals surface area contributed by atoms with E-state index in [1.165, 1.54) is 0 Å². The Morgan fingerprint density at radius 3 is 2.30 bits per heavy atom. The smallest absolute Gasteiger partial charge is 0.250 e. The molecule has 2 aromatic carbocycles. The van der Waals surface area contributed by atoms with Gasteiger partial charge in [0.2, 0.25) is 17.7 Å². The SMILES string of the molecule is CC[C@H](C)[C@H](CO)N1C(=O)[C@@H]2[C@H](C(=O)Nc3ccccc3)[C@]3(CC)CCC2(O3)C1C(=O)Nc1c(C)cccc1C. The molecule has 3 N–H and O–H groups in total. The van der Waals surface area contributed by atoms with Crippen molar-refractivity contribution >= 4 is 29.1 Å². The number of anilines is 2. The molecule has 3 amide bonds. The molecule has 8 nitrogen and oxygen atoms in total. The minimum atomic E-state index is -1.16. The highest BCUT2D eigenvalue weighted by atomic mass is 16.5. The number of para-hydroxylation sites is 2. The normalized spacial score (nSPS) is 30.2. The topological polar surface area (TPSA) is 108 Å². The number of fused-ring (bicyclic) bond motifs is 1. The van der Waals surface area contributed by atoms with E-state index >= 15 is 0 Å². The third kappa shape index (κ3) is 4.23. The van der Waals surface area contributed by atoms with Crippen LogP contribution in [0.1, 0.15) is 57.6 Å². The van der Waals surface area contributed by atoms with E-state index in [0.717, 1.165) is 17.5 Å². The molecule has 3 heterocycles. The van der Waals surface area contributed by atoms with Crippen molar-refractivity contribution in [2.75, 3.05) is 17.2 Å². The lowest BCUT2D eigenvalue weighted by Gasteiger charge is -2.39. The summed E-state index contributed by atoms with van der Waals surface area (Å²) in [6.45, 7) is 9.55. The molecule has 1 spiro atoms. The van der Waals surface area contributed by atoms with Gasteiger partial charge in [-0.25, -0.2) is 0 Å². The Kier molecular flexibility index (Phi) is 7.52. The molecule has 214 valence electrons. The van der Waals surface area contributed by atoms with Crippen molar-refractivity contribution in [1.29, 1.82) is 0 Å². The minimum absolute atomic E-state index is 0.0615. The number of amides is 3. The second kappa shape index (κ2) is 10.6. The zero-order valence-corrected chi connectivity index (χ0v) is 24.1. The van der Waals surface area contributed by atoms with E-state index < -0.39 is 35.1 Å². The molecule has 3 aliphatic rings. The number of carbonyl (C=O) groups is 3. The van der Waals surface area contributed by atoms with E-state index in [9.17, 15) is 19.5 Å². The summed E-state index contributed by atoms with van der Waals surface area (Å²) >= 11 is 0. The van der Waals surface area contributed by atoms with E-state index in [1.807, 2.05) is 83.1 Å². The highest BCUT2D eigenvalue weighted by Gasteiger charge is 2.79. The number of ether oxygens (including phenoxy) is 1. The molecule has 3 fully saturated rings. The van der Waals surface area contributed by atoms with E-state index in [2.05, 4.69) is 10.6 Å². The Morgan fingerprint density at radius 2 is 1.70 bits per heavy atom. The molecule has 3 aliphatic heterocycles. The van der Waals surface area contributed by atoms with E-state index in [4.69, 9.17) is 4.74 Å². The number of carbonyl (C=O) groups excluding carboxylic acids is 3. The summed E-state index contributed by atoms with van der Waals surface area (Å²) in [5, 5.41) is 16.7. The number of aryl methyl sites for hydroxylation is 2. The number of aliphatic hydroxyl groups is 1. The van der Waals surface area contributed by atoms with E-state index in [1.54, 1.807) is 4.90 Å². The van der Waals surface area contributed by atoms with Crippen molar-refractivity contribution in [3.63, 3.8) is 0 Å². The maximum absolute atomic E-state index is 14.5. The Morgan fingerprint density at radius 1 is 1.02 bits per heavy atom. The van der Waals surface area contributed by atoms with Crippen molar-refractivity contribution in [3.8, 4) is 0 Å². The zero-order chi connectivity index (χ0) is 28.8. The fourth-order valence-corrected chi connectivity index (χ4v) is 7.47. The first-order valence-electron chi connectivity index (χ1n) is 14.5. The van der Waals surface area contributed by atoms with Crippen LogP contribution in [0, 0.1) is 31.6 Å². The van der Waals surface area contributed by atoms with Crippen molar-refractivity contribution in [3.05, 3.63) is 59.7 Å². The number of hydrogen-bond donors (Lipinski definition) is 3. The fraction of sp³-hybridized carbons (Fsp3) is 0.531. The predicted octanol–water partition coefficient (Wildman–Crippen LogP) is 4.44. The van der Waals surface area contributed by atoms with Crippen LogP contribution in [-0.2, 0) is 19.1 Å². The second-order valence-electron chi connectivity index (χ2n) is 11.8. The molecule has 2 bridgehead atoms. The van der Waals surface area contributed by atoms with Gasteiger partial charge in [-0.15, -0.1) is 0 Å². The number of nitrogens with one attached hydrogen (secondary N) is 2. The van der Waals surface area contributed by atoms with Gasteiger partial charge in [0.05, 0.1) is 30.1 Å². The summed E-state index contributed by atoms with van der Waals surface area (Å²) in [6.07, 6.45) is 2.33. The number of nitrogens with zero attached hydrogens (tertiary/aromatic N) is 1. The van der Waals surface area contributed by atoms with Gasteiger partial charge in [-0.3, -0.25) is 14.4 Å². The predicted molar refractivity (Wildman–Crippen MR) is 154 cm³/mol. The van der Waals surface area contributed by atoms with Crippen molar-refractivity contribution < 1.29 is 24.2 Å². The first-order chi connectivity index (χ1) is 19.1. The molecular weight excluding hydrogens is 506 g/mol. The van der Waals surface area contributed by atoms with Crippen LogP contribution in [0.2, 0.25) is 0 Å². The molecule has 0 aliphatic carbocycles. The second-order valence-corrected chi connectivity index (χ2v) is 11.8. The molecule has 0 saturated carbocycles. The van der Waals surface area contributed by atoms with E-state index in [0.29, 0.717) is 30.6 Å². The van der Waals surface area contributed by atoms with Crippen LogP contribution >= 0.6 is 0 Å². The van der Waals surface area contributed by atoms with Crippen molar-refractivity contribution in [1.82, 2.24) is 4.90 Å². The highest BCUT2D eigenvalue weighted by Crippen LogP contribution is 2.64. The largest absolute Gasteiger partial charge is 0.394 e. The Bertz CT molecular complexity index is 1280. The van der Waals surface area contributed by atoms with Gasteiger partial charge >= 0.3 is 0 Å². The van der Waals surface area contributed by atoms with Crippen LogP contribution in [0.4, 0.5) is 11.4 Å². The first kappa shape index (κ1) is 28.3. The summed E-state index contributed by atoms with van der Waals surface area (Å²) in [6, 6.07) is 13.5. The van der Waals surface area contributed by atoms with Crippen molar-refractivity contribution in [2.45, 2.75) is 83.6 Å². The quantitative estimate of drug-likeness (QED) is 0.430. The van der Waals surface area contributed by atoms with Crippen LogP contribution in [0.3, 0.4) is 0 Å². The van der Waals surface area contributed by atoms with Gasteiger partial charge in [0.15, 0.2) is 0 Å². The molecule has 8 heteroatoms. The standard InChI is InChI=1S/C32H41N3O5/c1-6-19(3)23(18-36)35-27(29(38)34-26-20(4)12-11-13-21(26)5)32-17-16-31(7-2,40-32)24(25(32)30(35)39)28(37)33-22-14-9-8-10-15-22/h8-15,19,23-25,27,36H,6-7,16-18H2,1-5H3,(H,33,37)(H,34,38)/t19-,23-,24+,25-,27?,31-,32?/m0/s1. The first-order valence-corrected chi connectivity index (χ1v) is 14.5. The molecule has 3 saturated heterocycles. The van der Waals surface area contributed by atoms with Gasteiger partial charge in [-0.2, -0.15) is 0 Å². The summed E-state index contributed by atoms with van der Waals surface area (Å²) in [4.78, 5) is 44.3. The van der Waals surface area contributed by atoms with Crippen LogP contribution in [0.25, 0.3) is 0 Å². The molecule has 40 heavy (non-hydrogen) atoms. The number of benzene rings is 2. The Labute approximate surface area is 236 Å². The van der Waals surface area contributed by atoms with Crippen LogP contribution in [-0.4, -0.2) is 57.6 Å². The summed E-state index contributed by atoms with van der Waals surface area (Å²) in [5.41, 5.74) is 1.19. The van der Waals surface area contributed by atoms with Gasteiger partial charge in [0, 0.05) is 11.4 Å². The van der Waals surface area contributed by atoms with Crippen molar-refractivity contribution in [2.24, 2.45) is 17.8 Å². The van der Waals surface area contributed by atoms with Gasteiger partial charge in [-0.05, 0) is 62.3 Å². The van der Waals surface area contributed by atoms with Crippen LogP contribution in [0.5, 0.6) is 0 Å². The third-order valence-electron chi connectivity index (χ3n) is 9.77. The lowest BCUT2D eigenvalue weighted by Crippen LogP contribution is -2.57. The monoisotopic (exact) mass is 547 g/mol. The summed E-state index contributed by atoms with van der Waals surface area (Å²) < 4.78 is 6.87. The van der Waals surface area contributed by atoms with Crippen LogP contribution in [0.15, 0.2) is 48.5 Å². The molecule has 5 rings (SSSR count). The number of likely N-dealkylation sites (tertiary alicyclic amines) is 1. The number of aliphatic hydroxyl groups excluding tert-OH is 1. The van der Waals surface area contributed by atoms with Gasteiger partial charge < -0.3 is 25.4 Å². The molecule has 0 aromatic heterocycles. The Balaban J connectivity index is 1.60. The molecular formula is C32H41N3O5. The van der Waals surface area contributed by atoms with Gasteiger partial charge in [0.1, 0.15) is 11.6 Å². The molecule has 2 aromatic rings. The fourth-order valence-electron chi connectivity index (χ4n) is 7.47. The van der Waals surface area contributed by atoms with Gasteiger partial charge in [-0.1, -0.05) is 63.6 Å². The highest BCUT2D eigenvalue weighted by molar-refractivity contribution is 6.05. The van der Waals surface area contributed by atoms with E-state index in [-0.39, 0.29) is 30.2 Å². The lowest BCUT2D eigenvalue weighted by atomic mass is 9.65. The Hall–Kier alpha value is -3.23. The average Bonchev–Trinajstić information content (AvgIpc) is 3.55. The average molecular weight is 548 g/mol. The molecule has 2 unspecified atom stereocenters. The van der Waals surface area contributed by atoms with Gasteiger partial charge in [0.25, 0.3) is 0 Å². The summed E-state index contributed by atoms with van der Waals surface area (Å²) in [7, 11) is 0.